The Morgan fingerprint density at radius 3 is 2.77 bits per heavy atom. The van der Waals surface area contributed by atoms with Crippen LogP contribution in [0.25, 0.3) is 0 Å². The van der Waals surface area contributed by atoms with E-state index in [-0.39, 0.29) is 12.4 Å². The van der Waals surface area contributed by atoms with Gasteiger partial charge in [-0.25, -0.2) is 0 Å². The van der Waals surface area contributed by atoms with Crippen molar-refractivity contribution in [2.45, 2.75) is 13.0 Å². The van der Waals surface area contributed by atoms with Gasteiger partial charge in [0.25, 0.3) is 0 Å². The molecule has 3 heteroatoms. The molecule has 1 aromatic rings. The molecule has 2 N–H and O–H groups in total. The summed E-state index contributed by atoms with van der Waals surface area (Å²) in [6.07, 6.45) is -0.903. The Balaban J connectivity index is 2.98. The van der Waals surface area contributed by atoms with Crippen LogP contribution in [0.3, 0.4) is 0 Å². The molecule has 0 aliphatic rings. The summed E-state index contributed by atoms with van der Waals surface area (Å²) >= 11 is 0. The van der Waals surface area contributed by atoms with Crippen molar-refractivity contribution in [1.82, 2.24) is 0 Å². The lowest BCUT2D eigenvalue weighted by molar-refractivity contribution is 0.0951. The molecule has 0 aromatic heterocycles. The summed E-state index contributed by atoms with van der Waals surface area (Å²) in [6, 6.07) is 6.62. The standard InChI is InChI=1S/C10H12O3/c1-7(12)8-3-2-4-9(5-8)10(13)6-11/h2-5,10-11,13H,6H2,1H3/t10-/m1/s1. The predicted octanol–water partition coefficient (Wildman–Crippen LogP) is 0.915. The zero-order valence-electron chi connectivity index (χ0n) is 7.40. The van der Waals surface area contributed by atoms with Gasteiger partial charge in [0.15, 0.2) is 5.78 Å². The van der Waals surface area contributed by atoms with Crippen LogP contribution in [0.5, 0.6) is 0 Å². The fraction of sp³-hybridized carbons (Fsp3) is 0.300. The van der Waals surface area contributed by atoms with Crippen molar-refractivity contribution >= 4 is 5.78 Å². The van der Waals surface area contributed by atoms with Gasteiger partial charge in [0.2, 0.25) is 0 Å². The molecule has 0 spiro atoms. The van der Waals surface area contributed by atoms with E-state index in [0.717, 1.165) is 0 Å². The number of hydrogen-bond donors (Lipinski definition) is 2. The summed E-state index contributed by atoms with van der Waals surface area (Å²) in [5.41, 5.74) is 1.11. The summed E-state index contributed by atoms with van der Waals surface area (Å²) in [6.45, 7) is 1.13. The molecule has 0 saturated carbocycles. The maximum absolute atomic E-state index is 11.0. The maximum atomic E-state index is 11.0. The van der Waals surface area contributed by atoms with E-state index in [9.17, 15) is 9.90 Å². The number of ketones is 1. The molecule has 0 heterocycles. The summed E-state index contributed by atoms with van der Waals surface area (Å²) in [4.78, 5) is 11.0. The van der Waals surface area contributed by atoms with Crippen LogP contribution >= 0.6 is 0 Å². The molecule has 1 atom stereocenters. The molecular formula is C10H12O3. The van der Waals surface area contributed by atoms with Crippen molar-refractivity contribution < 1.29 is 15.0 Å². The third-order valence-corrected chi connectivity index (χ3v) is 1.85. The quantitative estimate of drug-likeness (QED) is 0.680. The monoisotopic (exact) mass is 180 g/mol. The number of Topliss-reactive ketones (excluding diaryl/α,β-unsaturated/α-hetero) is 1. The molecule has 70 valence electrons. The van der Waals surface area contributed by atoms with Crippen LogP contribution in [0.2, 0.25) is 0 Å². The van der Waals surface area contributed by atoms with Gasteiger partial charge in [0.05, 0.1) is 6.61 Å². The third kappa shape index (κ3) is 2.37. The first kappa shape index (κ1) is 9.89. The van der Waals surface area contributed by atoms with E-state index in [2.05, 4.69) is 0 Å². The minimum absolute atomic E-state index is 0.0491. The Morgan fingerprint density at radius 1 is 1.54 bits per heavy atom. The molecule has 0 bridgehead atoms. The summed E-state index contributed by atoms with van der Waals surface area (Å²) in [5.74, 6) is -0.0491. The fourth-order valence-corrected chi connectivity index (χ4v) is 1.07. The van der Waals surface area contributed by atoms with Crippen LogP contribution in [0.1, 0.15) is 28.9 Å². The number of rotatable bonds is 3. The van der Waals surface area contributed by atoms with Crippen LogP contribution < -0.4 is 0 Å². The van der Waals surface area contributed by atoms with Crippen molar-refractivity contribution in [3.8, 4) is 0 Å². The SMILES string of the molecule is CC(=O)c1cccc([C@H](O)CO)c1. The number of hydrogen-bond acceptors (Lipinski definition) is 3. The highest BCUT2D eigenvalue weighted by Crippen LogP contribution is 2.13. The van der Waals surface area contributed by atoms with Gasteiger partial charge in [-0.15, -0.1) is 0 Å². The second kappa shape index (κ2) is 4.16. The smallest absolute Gasteiger partial charge is 0.159 e. The van der Waals surface area contributed by atoms with E-state index in [1.807, 2.05) is 0 Å². The van der Waals surface area contributed by atoms with Crippen molar-refractivity contribution in [3.63, 3.8) is 0 Å². The lowest BCUT2D eigenvalue weighted by Gasteiger charge is -2.07. The second-order valence-corrected chi connectivity index (χ2v) is 2.88. The highest BCUT2D eigenvalue weighted by Gasteiger charge is 2.07. The number of aliphatic hydroxyl groups is 2. The number of carbonyl (C=O) groups excluding carboxylic acids is 1. The van der Waals surface area contributed by atoms with Crippen molar-refractivity contribution in [2.24, 2.45) is 0 Å². The minimum Gasteiger partial charge on any atom is -0.393 e. The normalized spacial score (nSPS) is 12.5. The van der Waals surface area contributed by atoms with Crippen molar-refractivity contribution in [2.75, 3.05) is 6.61 Å². The van der Waals surface area contributed by atoms with Crippen molar-refractivity contribution in [1.29, 1.82) is 0 Å². The first-order valence-corrected chi connectivity index (χ1v) is 4.05. The van der Waals surface area contributed by atoms with E-state index >= 15 is 0 Å². The van der Waals surface area contributed by atoms with E-state index in [1.165, 1.54) is 6.92 Å². The molecule has 0 aliphatic heterocycles. The van der Waals surface area contributed by atoms with Gasteiger partial charge in [0.1, 0.15) is 6.10 Å². The highest BCUT2D eigenvalue weighted by atomic mass is 16.3. The zero-order valence-corrected chi connectivity index (χ0v) is 7.40. The molecule has 13 heavy (non-hydrogen) atoms. The molecule has 1 rings (SSSR count). The molecule has 0 aliphatic carbocycles. The second-order valence-electron chi connectivity index (χ2n) is 2.88. The van der Waals surface area contributed by atoms with Gasteiger partial charge in [-0.3, -0.25) is 4.79 Å². The fourth-order valence-electron chi connectivity index (χ4n) is 1.07. The van der Waals surface area contributed by atoms with Crippen LogP contribution in [0, 0.1) is 0 Å². The Labute approximate surface area is 76.6 Å². The van der Waals surface area contributed by atoms with Crippen LogP contribution in [0.4, 0.5) is 0 Å². The van der Waals surface area contributed by atoms with E-state index < -0.39 is 6.10 Å². The minimum atomic E-state index is -0.903. The molecule has 0 radical (unpaired) electrons. The van der Waals surface area contributed by atoms with Crippen LogP contribution in [-0.2, 0) is 0 Å². The van der Waals surface area contributed by atoms with Crippen molar-refractivity contribution in [3.05, 3.63) is 35.4 Å². The Kier molecular flexibility index (Phi) is 3.17. The van der Waals surface area contributed by atoms with E-state index in [1.54, 1.807) is 24.3 Å². The summed E-state index contributed by atoms with van der Waals surface area (Å²) < 4.78 is 0. The number of benzene rings is 1. The van der Waals surface area contributed by atoms with Gasteiger partial charge < -0.3 is 10.2 Å². The molecule has 0 saturated heterocycles. The number of carbonyl (C=O) groups is 1. The lowest BCUT2D eigenvalue weighted by atomic mass is 10.0. The Hall–Kier alpha value is -1.19. The zero-order chi connectivity index (χ0) is 9.84. The van der Waals surface area contributed by atoms with Gasteiger partial charge in [-0.2, -0.15) is 0 Å². The van der Waals surface area contributed by atoms with Gasteiger partial charge >= 0.3 is 0 Å². The Bertz CT molecular complexity index is 307. The average molecular weight is 180 g/mol. The lowest BCUT2D eigenvalue weighted by Crippen LogP contribution is -2.03. The largest absolute Gasteiger partial charge is 0.393 e. The molecule has 3 nitrogen and oxygen atoms in total. The molecule has 0 fully saturated rings. The van der Waals surface area contributed by atoms with Crippen LogP contribution in [-0.4, -0.2) is 22.6 Å². The Morgan fingerprint density at radius 2 is 2.23 bits per heavy atom. The molecule has 0 unspecified atom stereocenters. The number of aliphatic hydroxyl groups excluding tert-OH is 2. The van der Waals surface area contributed by atoms with E-state index in [4.69, 9.17) is 5.11 Å². The first-order chi connectivity index (χ1) is 6.15. The summed E-state index contributed by atoms with van der Waals surface area (Å²) in [5, 5.41) is 18.0. The predicted molar refractivity (Wildman–Crippen MR) is 48.5 cm³/mol. The van der Waals surface area contributed by atoms with Gasteiger partial charge in [-0.05, 0) is 18.6 Å². The summed E-state index contributed by atoms with van der Waals surface area (Å²) in [7, 11) is 0. The third-order valence-electron chi connectivity index (χ3n) is 1.85. The average Bonchev–Trinajstić information content (AvgIpc) is 2.17. The van der Waals surface area contributed by atoms with E-state index in [0.29, 0.717) is 11.1 Å². The first-order valence-electron chi connectivity index (χ1n) is 4.05. The topological polar surface area (TPSA) is 57.5 Å². The molecule has 1 aromatic carbocycles. The molecule has 0 amide bonds. The van der Waals surface area contributed by atoms with Crippen LogP contribution in [0.15, 0.2) is 24.3 Å². The highest BCUT2D eigenvalue weighted by molar-refractivity contribution is 5.94. The van der Waals surface area contributed by atoms with Gasteiger partial charge in [0, 0.05) is 5.56 Å². The molecular weight excluding hydrogens is 168 g/mol. The maximum Gasteiger partial charge on any atom is 0.159 e. The van der Waals surface area contributed by atoms with Gasteiger partial charge in [-0.1, -0.05) is 18.2 Å².